The van der Waals surface area contributed by atoms with Gasteiger partial charge in [0.15, 0.2) is 0 Å². The first-order valence-electron chi connectivity index (χ1n) is 4.01. The van der Waals surface area contributed by atoms with Gasteiger partial charge in [-0.3, -0.25) is 4.99 Å². The van der Waals surface area contributed by atoms with Crippen molar-refractivity contribution in [3.63, 3.8) is 0 Å². The topological polar surface area (TPSA) is 12.4 Å². The van der Waals surface area contributed by atoms with Gasteiger partial charge in [-0.25, -0.2) is 0 Å². The smallest absolute Gasteiger partial charge is 0.0719 e. The van der Waals surface area contributed by atoms with E-state index in [1.807, 2.05) is 6.21 Å². The van der Waals surface area contributed by atoms with Crippen molar-refractivity contribution in [3.05, 3.63) is 36.0 Å². The summed E-state index contributed by atoms with van der Waals surface area (Å²) in [7, 11) is 0. The Balaban J connectivity index is 2.29. The molecule has 0 fully saturated rings. The van der Waals surface area contributed by atoms with Gasteiger partial charge in [-0.15, -0.1) is 0 Å². The molecule has 0 aromatic carbocycles. The molecule has 1 aliphatic heterocycles. The van der Waals surface area contributed by atoms with E-state index in [1.165, 1.54) is 5.57 Å². The summed E-state index contributed by atoms with van der Waals surface area (Å²) in [5.74, 6) is 0. The molecule has 2 rings (SSSR count). The maximum Gasteiger partial charge on any atom is 0.0719 e. The second kappa shape index (κ2) is 2.87. The third-order valence-corrected chi connectivity index (χ3v) is 1.96. The summed E-state index contributed by atoms with van der Waals surface area (Å²) < 4.78 is 0. The number of hydrogen-bond donors (Lipinski definition) is 0. The van der Waals surface area contributed by atoms with E-state index in [-0.39, 0.29) is 0 Å². The number of allylic oxidation sites excluding steroid dienone is 4. The molecule has 0 N–H and O–H groups in total. The van der Waals surface area contributed by atoms with Gasteiger partial charge in [-0.05, 0) is 12.0 Å². The Morgan fingerprint density at radius 3 is 3.45 bits per heavy atom. The van der Waals surface area contributed by atoms with Gasteiger partial charge in [0.2, 0.25) is 0 Å². The summed E-state index contributed by atoms with van der Waals surface area (Å²) in [4.78, 5) is 4.40. The Bertz CT molecular complexity index is 256. The van der Waals surface area contributed by atoms with E-state index in [4.69, 9.17) is 0 Å². The Morgan fingerprint density at radius 1 is 1.45 bits per heavy atom. The van der Waals surface area contributed by atoms with Crippen LogP contribution in [0.5, 0.6) is 0 Å². The molecule has 1 nitrogen and oxygen atoms in total. The molecule has 56 valence electrons. The lowest BCUT2D eigenvalue weighted by atomic mass is 9.99. The van der Waals surface area contributed by atoms with Crippen molar-refractivity contribution in [1.29, 1.82) is 0 Å². The minimum Gasteiger partial charge on any atom is -0.289 e. The van der Waals surface area contributed by atoms with E-state index in [9.17, 15) is 0 Å². The van der Waals surface area contributed by atoms with Crippen LogP contribution in [0.25, 0.3) is 0 Å². The highest BCUT2D eigenvalue weighted by Crippen LogP contribution is 2.17. The predicted molar refractivity (Wildman–Crippen MR) is 47.9 cm³/mol. The fraction of sp³-hybridized carbons (Fsp3) is 0.300. The van der Waals surface area contributed by atoms with E-state index >= 15 is 0 Å². The Hall–Kier alpha value is -1.11. The first-order valence-corrected chi connectivity index (χ1v) is 4.01. The van der Waals surface area contributed by atoms with Crippen molar-refractivity contribution in [2.75, 3.05) is 0 Å². The normalized spacial score (nSPS) is 27.6. The molecule has 1 heterocycles. The van der Waals surface area contributed by atoms with E-state index in [2.05, 4.69) is 35.4 Å². The van der Waals surface area contributed by atoms with E-state index < -0.39 is 0 Å². The third-order valence-electron chi connectivity index (χ3n) is 1.96. The van der Waals surface area contributed by atoms with Gasteiger partial charge in [-0.2, -0.15) is 0 Å². The first kappa shape index (κ1) is 6.59. The van der Waals surface area contributed by atoms with Crippen LogP contribution in [0, 0.1) is 0 Å². The van der Waals surface area contributed by atoms with E-state index in [1.54, 1.807) is 0 Å². The molecule has 0 radical (unpaired) electrons. The minimum atomic E-state index is 0.403. The third kappa shape index (κ3) is 1.48. The van der Waals surface area contributed by atoms with Crippen LogP contribution >= 0.6 is 0 Å². The summed E-state index contributed by atoms with van der Waals surface area (Å²) in [6.07, 6.45) is 14.8. The van der Waals surface area contributed by atoms with Crippen molar-refractivity contribution < 1.29 is 0 Å². The lowest BCUT2D eigenvalue weighted by Crippen LogP contribution is -2.05. The van der Waals surface area contributed by atoms with Crippen molar-refractivity contribution in [3.8, 4) is 0 Å². The van der Waals surface area contributed by atoms with Gasteiger partial charge >= 0.3 is 0 Å². The molecular weight excluding hydrogens is 134 g/mol. The average molecular weight is 145 g/mol. The lowest BCUT2D eigenvalue weighted by molar-refractivity contribution is 0.803. The molecule has 1 atom stereocenters. The fourth-order valence-corrected chi connectivity index (χ4v) is 1.39. The molecule has 2 bridgehead atoms. The van der Waals surface area contributed by atoms with Gasteiger partial charge in [-0.1, -0.05) is 30.4 Å². The number of hydrogen-bond acceptors (Lipinski definition) is 1. The second-order valence-electron chi connectivity index (χ2n) is 2.87. The number of rotatable bonds is 0. The summed E-state index contributed by atoms with van der Waals surface area (Å²) >= 11 is 0. The quantitative estimate of drug-likeness (QED) is 0.496. The van der Waals surface area contributed by atoms with Gasteiger partial charge in [0.25, 0.3) is 0 Å². The van der Waals surface area contributed by atoms with Crippen molar-refractivity contribution in [1.82, 2.24) is 0 Å². The monoisotopic (exact) mass is 145 g/mol. The molecule has 2 aliphatic rings. The number of aliphatic imine (C=N–C) groups is 1. The Labute approximate surface area is 66.8 Å². The van der Waals surface area contributed by atoms with E-state index in [0.717, 1.165) is 12.8 Å². The molecule has 0 amide bonds. The number of fused-ring (bicyclic) bond motifs is 2. The fourth-order valence-electron chi connectivity index (χ4n) is 1.39. The molecule has 1 heteroatoms. The summed E-state index contributed by atoms with van der Waals surface area (Å²) in [6, 6.07) is 0.403. The molecule has 0 spiro atoms. The van der Waals surface area contributed by atoms with Crippen LogP contribution in [0.2, 0.25) is 0 Å². The highest BCUT2D eigenvalue weighted by Gasteiger charge is 2.07. The van der Waals surface area contributed by atoms with Crippen LogP contribution in [0.4, 0.5) is 0 Å². The van der Waals surface area contributed by atoms with Crippen LogP contribution in [0.3, 0.4) is 0 Å². The van der Waals surface area contributed by atoms with Gasteiger partial charge < -0.3 is 0 Å². The average Bonchev–Trinajstić information content (AvgIpc) is 2.02. The van der Waals surface area contributed by atoms with Crippen molar-refractivity contribution >= 4 is 6.21 Å². The molecule has 0 aromatic heterocycles. The minimum absolute atomic E-state index is 0.403. The van der Waals surface area contributed by atoms with Crippen LogP contribution < -0.4 is 0 Å². The molecule has 0 saturated heterocycles. The van der Waals surface area contributed by atoms with Gasteiger partial charge in [0.05, 0.1) is 6.04 Å². The molecule has 11 heavy (non-hydrogen) atoms. The van der Waals surface area contributed by atoms with Crippen LogP contribution in [-0.4, -0.2) is 12.3 Å². The summed E-state index contributed by atoms with van der Waals surface area (Å²) in [5.41, 5.74) is 1.40. The first-order chi connectivity index (χ1) is 5.45. The van der Waals surface area contributed by atoms with Gasteiger partial charge in [0, 0.05) is 12.6 Å². The highest BCUT2D eigenvalue weighted by atomic mass is 14.8. The SMILES string of the molecule is C1=CC2CC(=C1)C=CCC=N2. The lowest BCUT2D eigenvalue weighted by Gasteiger charge is -2.13. The zero-order chi connectivity index (χ0) is 7.52. The molecule has 0 saturated carbocycles. The molecule has 0 aromatic rings. The molecule has 1 aliphatic carbocycles. The standard InChI is InChI=1S/C10H11N/c1-2-7-11-10-6-3-5-9(4-1)8-10/h1,3-7,10H,2,8H2. The zero-order valence-electron chi connectivity index (χ0n) is 6.40. The summed E-state index contributed by atoms with van der Waals surface area (Å²) in [5, 5.41) is 0. The van der Waals surface area contributed by atoms with Crippen LogP contribution in [-0.2, 0) is 0 Å². The second-order valence-corrected chi connectivity index (χ2v) is 2.87. The maximum atomic E-state index is 4.40. The number of nitrogens with zero attached hydrogens (tertiary/aromatic N) is 1. The van der Waals surface area contributed by atoms with E-state index in [0.29, 0.717) is 6.04 Å². The predicted octanol–water partition coefficient (Wildman–Crippen LogP) is 2.27. The van der Waals surface area contributed by atoms with Crippen LogP contribution in [0.15, 0.2) is 40.9 Å². The van der Waals surface area contributed by atoms with Crippen molar-refractivity contribution in [2.45, 2.75) is 18.9 Å². The Morgan fingerprint density at radius 2 is 2.45 bits per heavy atom. The maximum absolute atomic E-state index is 4.40. The largest absolute Gasteiger partial charge is 0.289 e. The summed E-state index contributed by atoms with van der Waals surface area (Å²) in [6.45, 7) is 0. The van der Waals surface area contributed by atoms with Crippen LogP contribution in [0.1, 0.15) is 12.8 Å². The molecule has 1 unspecified atom stereocenters. The highest BCUT2D eigenvalue weighted by molar-refractivity contribution is 5.61. The van der Waals surface area contributed by atoms with Crippen molar-refractivity contribution in [2.24, 2.45) is 4.99 Å². The zero-order valence-corrected chi connectivity index (χ0v) is 6.40. The van der Waals surface area contributed by atoms with Gasteiger partial charge in [0.1, 0.15) is 0 Å². The molecular formula is C10H11N. The Kier molecular flexibility index (Phi) is 1.72.